The number of nitrogens with zero attached hydrogens (tertiary/aromatic N) is 1. The Morgan fingerprint density at radius 3 is 2.50 bits per heavy atom. The van der Waals surface area contributed by atoms with Gasteiger partial charge in [0.25, 0.3) is 5.91 Å². The van der Waals surface area contributed by atoms with E-state index in [2.05, 4.69) is 10.3 Å². The molecule has 2 fully saturated rings. The molecule has 2 aliphatic carbocycles. The van der Waals surface area contributed by atoms with Gasteiger partial charge in [0.2, 0.25) is 0 Å². The van der Waals surface area contributed by atoms with Crippen LogP contribution >= 0.6 is 0 Å². The number of rotatable bonds is 4. The third-order valence-corrected chi connectivity index (χ3v) is 4.92. The fourth-order valence-corrected chi connectivity index (χ4v) is 3.08. The Morgan fingerprint density at radius 1 is 1.32 bits per heavy atom. The van der Waals surface area contributed by atoms with Crippen LogP contribution in [0.1, 0.15) is 48.2 Å². The molecule has 0 bridgehead atoms. The topological polar surface area (TPSA) is 62.2 Å². The van der Waals surface area contributed by atoms with E-state index in [9.17, 15) is 23.1 Å². The number of alkyl halides is 3. The zero-order valence-corrected chi connectivity index (χ0v) is 11.9. The molecule has 22 heavy (non-hydrogen) atoms. The molecule has 0 unspecified atom stereocenters. The Balaban J connectivity index is 1.66. The normalized spacial score (nSPS) is 21.8. The van der Waals surface area contributed by atoms with Crippen molar-refractivity contribution in [1.29, 1.82) is 0 Å². The summed E-state index contributed by atoms with van der Waals surface area (Å²) in [4.78, 5) is 15.3. The standard InChI is InChI=1S/C15H17F3N2O2/c16-15(17,18)11-8-10(2-7-19-11)12(21)20-9-13(5-6-13)14(22)3-1-4-14/h2,7-8,22H,1,3-6,9H2,(H,20,21). The summed E-state index contributed by atoms with van der Waals surface area (Å²) in [5.74, 6) is -0.568. The second-order valence-electron chi connectivity index (χ2n) is 6.28. The summed E-state index contributed by atoms with van der Waals surface area (Å²) in [6.07, 6.45) is 0.527. The first-order valence-corrected chi connectivity index (χ1v) is 7.30. The van der Waals surface area contributed by atoms with Crippen LogP contribution < -0.4 is 5.32 Å². The molecule has 2 aliphatic rings. The Bertz CT molecular complexity index is 593. The summed E-state index contributed by atoms with van der Waals surface area (Å²) in [6, 6.07) is 2.00. The van der Waals surface area contributed by atoms with Gasteiger partial charge in [0.1, 0.15) is 5.69 Å². The van der Waals surface area contributed by atoms with Gasteiger partial charge in [-0.25, -0.2) is 0 Å². The maximum atomic E-state index is 12.6. The number of hydrogen-bond acceptors (Lipinski definition) is 3. The molecule has 0 aromatic carbocycles. The lowest BCUT2D eigenvalue weighted by molar-refractivity contribution is -0.141. The first-order valence-electron chi connectivity index (χ1n) is 7.30. The van der Waals surface area contributed by atoms with E-state index in [4.69, 9.17) is 0 Å². The van der Waals surface area contributed by atoms with Crippen molar-refractivity contribution in [3.63, 3.8) is 0 Å². The highest BCUT2D eigenvalue weighted by Gasteiger charge is 2.60. The van der Waals surface area contributed by atoms with E-state index in [-0.39, 0.29) is 11.0 Å². The lowest BCUT2D eigenvalue weighted by Gasteiger charge is -2.44. The van der Waals surface area contributed by atoms with Crippen LogP contribution in [0.4, 0.5) is 13.2 Å². The lowest BCUT2D eigenvalue weighted by atomic mass is 9.69. The van der Waals surface area contributed by atoms with E-state index >= 15 is 0 Å². The Hall–Kier alpha value is -1.63. The Morgan fingerprint density at radius 2 is 2.00 bits per heavy atom. The summed E-state index contributed by atoms with van der Waals surface area (Å²) in [5, 5.41) is 13.1. The van der Waals surface area contributed by atoms with Crippen molar-refractivity contribution in [2.75, 3.05) is 6.54 Å². The second-order valence-corrected chi connectivity index (χ2v) is 6.28. The molecule has 1 aromatic rings. The number of hydrogen-bond donors (Lipinski definition) is 2. The summed E-state index contributed by atoms with van der Waals surface area (Å²) in [5.41, 5.74) is -2.16. The third-order valence-electron chi connectivity index (χ3n) is 4.92. The van der Waals surface area contributed by atoms with Gasteiger partial charge < -0.3 is 10.4 Å². The lowest BCUT2D eigenvalue weighted by Crippen LogP contribution is -2.50. The van der Waals surface area contributed by atoms with Gasteiger partial charge in [-0.3, -0.25) is 9.78 Å². The number of aliphatic hydroxyl groups is 1. The minimum atomic E-state index is -4.57. The Kier molecular flexibility index (Phi) is 3.43. The van der Waals surface area contributed by atoms with Crippen molar-refractivity contribution in [2.24, 2.45) is 5.41 Å². The number of carbonyl (C=O) groups excluding carboxylic acids is 1. The Labute approximate surface area is 125 Å². The van der Waals surface area contributed by atoms with Crippen LogP contribution in [-0.2, 0) is 6.18 Å². The van der Waals surface area contributed by atoms with Crippen LogP contribution in [0.3, 0.4) is 0 Å². The van der Waals surface area contributed by atoms with Crippen LogP contribution in [0.15, 0.2) is 18.3 Å². The number of amides is 1. The molecule has 2 N–H and O–H groups in total. The van der Waals surface area contributed by atoms with Crippen LogP contribution in [0.2, 0.25) is 0 Å². The van der Waals surface area contributed by atoms with Crippen LogP contribution in [0.5, 0.6) is 0 Å². The molecule has 3 rings (SSSR count). The van der Waals surface area contributed by atoms with Crippen molar-refractivity contribution in [2.45, 2.75) is 43.9 Å². The van der Waals surface area contributed by atoms with Crippen molar-refractivity contribution >= 4 is 5.91 Å². The van der Waals surface area contributed by atoms with Crippen LogP contribution in [0.25, 0.3) is 0 Å². The average Bonchev–Trinajstić information content (AvgIpc) is 3.23. The molecule has 0 atom stereocenters. The molecule has 120 valence electrons. The fourth-order valence-electron chi connectivity index (χ4n) is 3.08. The number of carbonyl (C=O) groups is 1. The van der Waals surface area contributed by atoms with E-state index in [1.54, 1.807) is 0 Å². The molecule has 0 aliphatic heterocycles. The number of pyridine rings is 1. The van der Waals surface area contributed by atoms with Crippen molar-refractivity contribution in [1.82, 2.24) is 10.3 Å². The van der Waals surface area contributed by atoms with E-state index in [0.29, 0.717) is 6.54 Å². The highest BCUT2D eigenvalue weighted by molar-refractivity contribution is 5.94. The monoisotopic (exact) mass is 314 g/mol. The average molecular weight is 314 g/mol. The van der Waals surface area contributed by atoms with Gasteiger partial charge >= 0.3 is 6.18 Å². The highest BCUT2D eigenvalue weighted by Crippen LogP contribution is 2.60. The summed E-state index contributed by atoms with van der Waals surface area (Å²) in [6.45, 7) is 0.298. The molecule has 1 aromatic heterocycles. The molecule has 1 amide bonds. The van der Waals surface area contributed by atoms with Crippen molar-refractivity contribution in [3.05, 3.63) is 29.6 Å². The highest BCUT2D eigenvalue weighted by atomic mass is 19.4. The summed E-state index contributed by atoms with van der Waals surface area (Å²) >= 11 is 0. The number of halogens is 3. The zero-order chi connectivity index (χ0) is 16.0. The van der Waals surface area contributed by atoms with Gasteiger partial charge in [-0.15, -0.1) is 0 Å². The van der Waals surface area contributed by atoms with Gasteiger partial charge in [0, 0.05) is 23.7 Å². The molecule has 0 radical (unpaired) electrons. The van der Waals surface area contributed by atoms with E-state index in [1.165, 1.54) is 6.07 Å². The molecule has 4 nitrogen and oxygen atoms in total. The van der Waals surface area contributed by atoms with Gasteiger partial charge in [0.05, 0.1) is 5.60 Å². The minimum absolute atomic E-state index is 0.0706. The van der Waals surface area contributed by atoms with E-state index in [0.717, 1.165) is 44.4 Å². The van der Waals surface area contributed by atoms with Crippen molar-refractivity contribution in [3.8, 4) is 0 Å². The third kappa shape index (κ3) is 2.58. The minimum Gasteiger partial charge on any atom is -0.389 e. The predicted molar refractivity (Wildman–Crippen MR) is 72.0 cm³/mol. The SMILES string of the molecule is O=C(NCC1(C2(O)CCC2)CC1)c1ccnc(C(F)(F)F)c1. The van der Waals surface area contributed by atoms with Crippen LogP contribution in [-0.4, -0.2) is 28.1 Å². The molecule has 2 saturated carbocycles. The van der Waals surface area contributed by atoms with Gasteiger partial charge in [-0.05, 0) is 44.2 Å². The maximum absolute atomic E-state index is 12.6. The van der Waals surface area contributed by atoms with Gasteiger partial charge in [-0.2, -0.15) is 13.2 Å². The number of aromatic nitrogens is 1. The molecular weight excluding hydrogens is 297 g/mol. The summed E-state index contributed by atoms with van der Waals surface area (Å²) < 4.78 is 37.8. The largest absolute Gasteiger partial charge is 0.433 e. The molecule has 0 saturated heterocycles. The van der Waals surface area contributed by atoms with Gasteiger partial charge in [0.15, 0.2) is 0 Å². The quantitative estimate of drug-likeness (QED) is 0.898. The molecule has 0 spiro atoms. The molecule has 7 heteroatoms. The van der Waals surface area contributed by atoms with Gasteiger partial charge in [-0.1, -0.05) is 0 Å². The number of nitrogens with one attached hydrogen (secondary N) is 1. The zero-order valence-electron chi connectivity index (χ0n) is 11.9. The van der Waals surface area contributed by atoms with Crippen molar-refractivity contribution < 1.29 is 23.1 Å². The first kappa shape index (κ1) is 15.3. The fraction of sp³-hybridized carbons (Fsp3) is 0.600. The predicted octanol–water partition coefficient (Wildman–Crippen LogP) is 2.53. The van der Waals surface area contributed by atoms with E-state index < -0.39 is 23.4 Å². The second kappa shape index (κ2) is 4.94. The molecular formula is C15H17F3N2O2. The summed E-state index contributed by atoms with van der Waals surface area (Å²) in [7, 11) is 0. The first-order chi connectivity index (χ1) is 10.3. The smallest absolute Gasteiger partial charge is 0.389 e. The maximum Gasteiger partial charge on any atom is 0.433 e. The van der Waals surface area contributed by atoms with Crippen LogP contribution in [0, 0.1) is 5.41 Å². The van der Waals surface area contributed by atoms with E-state index in [1.807, 2.05) is 0 Å². The molecule has 1 heterocycles.